The predicted octanol–water partition coefficient (Wildman–Crippen LogP) is 1.20. The van der Waals surface area contributed by atoms with Crippen molar-refractivity contribution in [2.75, 3.05) is 73.0 Å². The van der Waals surface area contributed by atoms with Crippen LogP contribution in [-0.2, 0) is 28.5 Å². The van der Waals surface area contributed by atoms with Gasteiger partial charge >= 0.3 is 6.09 Å². The average molecular weight is 405 g/mol. The van der Waals surface area contributed by atoms with Gasteiger partial charge in [0.2, 0.25) is 5.91 Å². The van der Waals surface area contributed by atoms with Crippen LogP contribution in [0.3, 0.4) is 0 Å². The summed E-state index contributed by atoms with van der Waals surface area (Å²) in [5, 5.41) is 2.35. The Balaban J connectivity index is 1.85. The molecule has 1 fully saturated rings. The van der Waals surface area contributed by atoms with Gasteiger partial charge in [-0.15, -0.1) is 0 Å². The topological polar surface area (TPSA) is 95.6 Å². The molecule has 0 aromatic carbocycles. The van der Waals surface area contributed by atoms with Crippen molar-refractivity contribution in [1.82, 2.24) is 10.2 Å². The zero-order chi connectivity index (χ0) is 20.7. The molecular weight excluding hydrogens is 368 g/mol. The number of amides is 2. The number of nitrogens with one attached hydrogen (secondary N) is 1. The molecule has 9 nitrogen and oxygen atoms in total. The number of carbonyl (C=O) groups is 2. The standard InChI is InChI=1S/C19H36N2O7/c1-19(2,6-8-21-7-4-5-17(21)22)28-16-14-26-12-10-24-9-11-25-13-15-27-18(23)20-3/h4-16H2,1-3H3,(H,20,23). The van der Waals surface area contributed by atoms with Gasteiger partial charge in [0.25, 0.3) is 0 Å². The van der Waals surface area contributed by atoms with E-state index in [0.29, 0.717) is 52.7 Å². The fourth-order valence-corrected chi connectivity index (χ4v) is 2.60. The zero-order valence-corrected chi connectivity index (χ0v) is 17.5. The lowest BCUT2D eigenvalue weighted by Gasteiger charge is -2.28. The van der Waals surface area contributed by atoms with E-state index in [2.05, 4.69) is 5.32 Å². The summed E-state index contributed by atoms with van der Waals surface area (Å²) in [6.45, 7) is 9.14. The van der Waals surface area contributed by atoms with E-state index in [4.69, 9.17) is 23.7 Å². The first-order valence-corrected chi connectivity index (χ1v) is 9.94. The lowest BCUT2D eigenvalue weighted by atomic mass is 10.1. The maximum absolute atomic E-state index is 11.6. The molecule has 0 atom stereocenters. The maximum Gasteiger partial charge on any atom is 0.406 e. The van der Waals surface area contributed by atoms with Gasteiger partial charge in [0.15, 0.2) is 0 Å². The summed E-state index contributed by atoms with van der Waals surface area (Å²) in [7, 11) is 1.50. The van der Waals surface area contributed by atoms with E-state index >= 15 is 0 Å². The second-order valence-corrected chi connectivity index (χ2v) is 7.07. The largest absolute Gasteiger partial charge is 0.447 e. The third-order valence-electron chi connectivity index (χ3n) is 4.28. The number of carbonyl (C=O) groups excluding carboxylic acids is 2. The van der Waals surface area contributed by atoms with Crippen LogP contribution in [0, 0.1) is 0 Å². The van der Waals surface area contributed by atoms with Crippen LogP contribution in [0.4, 0.5) is 4.79 Å². The fourth-order valence-electron chi connectivity index (χ4n) is 2.60. The molecular formula is C19H36N2O7. The molecule has 0 aliphatic carbocycles. The van der Waals surface area contributed by atoms with Crippen LogP contribution >= 0.6 is 0 Å². The Hall–Kier alpha value is -1.42. The number of alkyl carbamates (subject to hydrolysis) is 1. The molecule has 0 radical (unpaired) electrons. The molecule has 0 spiro atoms. The SMILES string of the molecule is CNC(=O)OCCOCCOCCOCCOC(C)(C)CCN1CCCC1=O. The fraction of sp³-hybridized carbons (Fsp3) is 0.895. The van der Waals surface area contributed by atoms with E-state index in [9.17, 15) is 9.59 Å². The molecule has 9 heteroatoms. The highest BCUT2D eigenvalue weighted by molar-refractivity contribution is 5.78. The molecule has 1 aliphatic heterocycles. The Morgan fingerprint density at radius 2 is 1.57 bits per heavy atom. The molecule has 2 amide bonds. The van der Waals surface area contributed by atoms with Crippen LogP contribution < -0.4 is 5.32 Å². The smallest absolute Gasteiger partial charge is 0.406 e. The van der Waals surface area contributed by atoms with Crippen molar-refractivity contribution < 1.29 is 33.3 Å². The summed E-state index contributed by atoms with van der Waals surface area (Å²) in [6.07, 6.45) is 1.99. The van der Waals surface area contributed by atoms with E-state index in [-0.39, 0.29) is 18.1 Å². The van der Waals surface area contributed by atoms with Crippen LogP contribution in [0.2, 0.25) is 0 Å². The molecule has 0 aromatic heterocycles. The molecule has 1 saturated heterocycles. The Kier molecular flexibility index (Phi) is 12.8. The van der Waals surface area contributed by atoms with E-state index < -0.39 is 6.09 Å². The number of likely N-dealkylation sites (tertiary alicyclic amines) is 1. The minimum absolute atomic E-state index is 0.216. The minimum atomic E-state index is -0.467. The first-order chi connectivity index (χ1) is 13.4. The molecule has 0 unspecified atom stereocenters. The quantitative estimate of drug-likeness (QED) is 0.386. The number of hydrogen-bond donors (Lipinski definition) is 1. The van der Waals surface area contributed by atoms with Gasteiger partial charge in [0.1, 0.15) is 6.61 Å². The number of ether oxygens (including phenoxy) is 5. The molecule has 1 aliphatic rings. The van der Waals surface area contributed by atoms with Crippen molar-refractivity contribution in [3.63, 3.8) is 0 Å². The molecule has 1 rings (SSSR count). The summed E-state index contributed by atoms with van der Waals surface area (Å²) < 4.78 is 26.8. The van der Waals surface area contributed by atoms with Gasteiger partial charge in [0, 0.05) is 26.6 Å². The number of nitrogens with zero attached hydrogens (tertiary/aromatic N) is 1. The van der Waals surface area contributed by atoms with Crippen LogP contribution in [0.25, 0.3) is 0 Å². The Morgan fingerprint density at radius 3 is 2.11 bits per heavy atom. The van der Waals surface area contributed by atoms with Crippen LogP contribution in [0.15, 0.2) is 0 Å². The summed E-state index contributed by atoms with van der Waals surface area (Å²) in [6, 6.07) is 0. The van der Waals surface area contributed by atoms with Crippen LogP contribution in [-0.4, -0.2) is 95.5 Å². The maximum atomic E-state index is 11.6. The monoisotopic (exact) mass is 404 g/mol. The second-order valence-electron chi connectivity index (χ2n) is 7.07. The number of hydrogen-bond acceptors (Lipinski definition) is 7. The van der Waals surface area contributed by atoms with Crippen LogP contribution in [0.1, 0.15) is 33.1 Å². The Labute approximate surface area is 168 Å². The molecule has 0 aromatic rings. The molecule has 28 heavy (non-hydrogen) atoms. The zero-order valence-electron chi connectivity index (χ0n) is 17.5. The number of rotatable bonds is 16. The molecule has 1 heterocycles. The minimum Gasteiger partial charge on any atom is -0.447 e. The van der Waals surface area contributed by atoms with Gasteiger partial charge in [-0.3, -0.25) is 4.79 Å². The van der Waals surface area contributed by atoms with Gasteiger partial charge in [-0.05, 0) is 26.7 Å². The van der Waals surface area contributed by atoms with Gasteiger partial charge in [-0.2, -0.15) is 0 Å². The van der Waals surface area contributed by atoms with Crippen molar-refractivity contribution in [1.29, 1.82) is 0 Å². The summed E-state index contributed by atoms with van der Waals surface area (Å²) in [5.74, 6) is 0.252. The van der Waals surface area contributed by atoms with Crippen molar-refractivity contribution in [2.45, 2.75) is 38.7 Å². The van der Waals surface area contributed by atoms with Crippen molar-refractivity contribution in [3.8, 4) is 0 Å². The van der Waals surface area contributed by atoms with Crippen molar-refractivity contribution in [2.24, 2.45) is 0 Å². The Morgan fingerprint density at radius 1 is 1.00 bits per heavy atom. The highest BCUT2D eigenvalue weighted by Gasteiger charge is 2.24. The van der Waals surface area contributed by atoms with E-state index in [0.717, 1.165) is 25.9 Å². The van der Waals surface area contributed by atoms with Crippen LogP contribution in [0.5, 0.6) is 0 Å². The molecule has 164 valence electrons. The normalized spacial score (nSPS) is 14.5. The predicted molar refractivity (Wildman–Crippen MR) is 103 cm³/mol. The third kappa shape index (κ3) is 12.1. The van der Waals surface area contributed by atoms with E-state index in [1.807, 2.05) is 18.7 Å². The lowest BCUT2D eigenvalue weighted by Crippen LogP contribution is -2.34. The lowest BCUT2D eigenvalue weighted by molar-refractivity contribution is -0.128. The second kappa shape index (κ2) is 14.6. The van der Waals surface area contributed by atoms with E-state index in [1.165, 1.54) is 7.05 Å². The molecule has 1 N–H and O–H groups in total. The summed E-state index contributed by atoms with van der Waals surface area (Å²) >= 11 is 0. The summed E-state index contributed by atoms with van der Waals surface area (Å²) in [5.41, 5.74) is -0.276. The van der Waals surface area contributed by atoms with Gasteiger partial charge in [-0.1, -0.05) is 0 Å². The van der Waals surface area contributed by atoms with Crippen molar-refractivity contribution in [3.05, 3.63) is 0 Å². The molecule has 0 bridgehead atoms. The Bertz CT molecular complexity index is 446. The average Bonchev–Trinajstić information content (AvgIpc) is 3.08. The first-order valence-electron chi connectivity index (χ1n) is 9.94. The highest BCUT2D eigenvalue weighted by Crippen LogP contribution is 2.18. The first kappa shape index (κ1) is 24.6. The highest BCUT2D eigenvalue weighted by atomic mass is 16.6. The van der Waals surface area contributed by atoms with Gasteiger partial charge in [-0.25, -0.2) is 4.79 Å². The van der Waals surface area contributed by atoms with Gasteiger partial charge < -0.3 is 33.9 Å². The molecule has 0 saturated carbocycles. The van der Waals surface area contributed by atoms with Crippen molar-refractivity contribution >= 4 is 12.0 Å². The third-order valence-corrected chi connectivity index (χ3v) is 4.28. The van der Waals surface area contributed by atoms with Gasteiger partial charge in [0.05, 0.1) is 51.8 Å². The van der Waals surface area contributed by atoms with E-state index in [1.54, 1.807) is 0 Å². The summed E-state index contributed by atoms with van der Waals surface area (Å²) in [4.78, 5) is 24.3.